The van der Waals surface area contributed by atoms with E-state index in [1.54, 1.807) is 0 Å². The number of nitrogens with zero attached hydrogens (tertiary/aromatic N) is 3. The summed E-state index contributed by atoms with van der Waals surface area (Å²) < 4.78 is 21.3. The molecule has 0 aliphatic heterocycles. The highest BCUT2D eigenvalue weighted by Gasteiger charge is 2.47. The van der Waals surface area contributed by atoms with Crippen LogP contribution in [0.25, 0.3) is 185 Å². The average molecular weight is 1920 g/mol. The van der Waals surface area contributed by atoms with Gasteiger partial charge in [-0.05, 0) is 333 Å². The highest BCUT2D eigenvalue weighted by atomic mass is 32.1. The maximum atomic E-state index is 6.35. The summed E-state index contributed by atoms with van der Waals surface area (Å²) >= 11 is 1.85. The van der Waals surface area contributed by atoms with Gasteiger partial charge < -0.3 is 28.0 Å². The Hall–Kier alpha value is -18.9. The van der Waals surface area contributed by atoms with Crippen molar-refractivity contribution in [3.8, 4) is 66.8 Å². The number of thiophene rings is 1. The third kappa shape index (κ3) is 15.3. The molecule has 0 spiro atoms. The van der Waals surface area contributed by atoms with Crippen molar-refractivity contribution in [2.75, 3.05) is 14.7 Å². The van der Waals surface area contributed by atoms with Gasteiger partial charge in [-0.3, -0.25) is 0 Å². The first kappa shape index (κ1) is 87.8. The average Bonchev–Trinajstić information content (AvgIpc) is 1.53. The van der Waals surface area contributed by atoms with Gasteiger partial charge in [0.1, 0.15) is 33.5 Å². The molecule has 2 aliphatic carbocycles. The van der Waals surface area contributed by atoms with Crippen molar-refractivity contribution in [3.63, 3.8) is 0 Å². The number of para-hydroxylation sites is 3. The first-order valence-electron chi connectivity index (χ1n) is 51.1. The summed E-state index contributed by atoms with van der Waals surface area (Å²) in [5.74, 6) is 0. The van der Waals surface area contributed by atoms with E-state index in [-0.39, 0.29) is 5.41 Å². The Kier molecular flexibility index (Phi) is 21.3. The standard InChI is InChI=1S/C56H41N.C46H29NO2.C40H25NOS/c1-55(2)51-25-15-14-24-47(51)48-33-31-46(37-52(48)55)57(44-22-10-5-11-23-44)45-29-26-38(27-30-45)41-28-32-49-50-34-39-16-12-13-17-40(39)35-54(50)56(53(49)36-41,42-18-6-3-7-19-42)43-20-8-4-9-21-43;1-2-10-36(11-3-1)47(37-20-14-30(15-21-37)34-18-24-44-40(27-34)39-12-6-7-13-43(39)48-44)38-22-16-31(17-23-38)35-19-25-45-41(28-35)42-26-32-8-4-5-9-33(32)29-46(42)49-45;1-2-8-26(9-3-1)27-14-16-30(17-15-27)41(32-19-21-40-36(25-32)33-12-6-7-13-39(33)43-40)31-18-20-37-35(24-31)34-22-28-10-4-5-11-29(28)23-38(34)42-37/h3-37H,1-2H3;1-29H;1-25H. The molecule has 149 heavy (non-hydrogen) atoms. The van der Waals surface area contributed by atoms with Crippen LogP contribution in [0.2, 0.25) is 0 Å². The van der Waals surface area contributed by atoms with Crippen LogP contribution in [0.3, 0.4) is 0 Å². The second-order valence-electron chi connectivity index (χ2n) is 39.7. The molecule has 0 fully saturated rings. The fraction of sp³-hybridized carbons (Fsp3) is 0.0282. The van der Waals surface area contributed by atoms with E-state index in [1.165, 1.54) is 130 Å². The van der Waals surface area contributed by atoms with E-state index >= 15 is 0 Å². The first-order valence-corrected chi connectivity index (χ1v) is 51.9. The number of hydrogen-bond donors (Lipinski definition) is 0. The number of hydrogen-bond acceptors (Lipinski definition) is 7. The monoisotopic (exact) mass is 1920 g/mol. The SMILES string of the molecule is CC1(C)c2ccccc2-c2ccc(N(c3ccccc3)c3ccc(-c4ccc5c(c4)C(c4ccccc4)(c4ccccc4)c4cc6ccccc6cc4-5)cc3)cc21.c1ccc(-c2ccc(N(c3ccc4oc5cc6ccccc6cc5c4c3)c3ccc4sc5ccccc5c4c3)cc2)cc1.c1ccc(N(c2ccc(-c3ccc4oc5ccccc5c4c3)cc2)c2ccc(-c3ccc4oc5cc6ccccc6cc5c4c3)cc2)cc1. The zero-order chi connectivity index (χ0) is 98.8. The maximum Gasteiger partial charge on any atom is 0.136 e. The van der Waals surface area contributed by atoms with Crippen LogP contribution in [0.5, 0.6) is 0 Å². The largest absolute Gasteiger partial charge is 0.456 e. The second kappa shape index (κ2) is 36.1. The summed E-state index contributed by atoms with van der Waals surface area (Å²) in [7, 11) is 0. The Morgan fingerprint density at radius 2 is 0.483 bits per heavy atom. The smallest absolute Gasteiger partial charge is 0.136 e. The molecule has 4 aromatic heterocycles. The molecule has 0 unspecified atom stereocenters. The molecule has 4 heterocycles. The topological polar surface area (TPSA) is 49.1 Å². The van der Waals surface area contributed by atoms with E-state index < -0.39 is 5.41 Å². The predicted molar refractivity (Wildman–Crippen MR) is 627 cm³/mol. The Labute approximate surface area is 867 Å². The van der Waals surface area contributed by atoms with Crippen molar-refractivity contribution in [1.82, 2.24) is 0 Å². The maximum absolute atomic E-state index is 6.35. The van der Waals surface area contributed by atoms with Crippen LogP contribution in [0, 0.1) is 0 Å². The van der Waals surface area contributed by atoms with Gasteiger partial charge in [0.15, 0.2) is 0 Å². The van der Waals surface area contributed by atoms with Gasteiger partial charge in [-0.2, -0.15) is 0 Å². The molecule has 6 nitrogen and oxygen atoms in total. The van der Waals surface area contributed by atoms with E-state index in [2.05, 4.69) is 556 Å². The molecular formula is C142H95N3O3S. The van der Waals surface area contributed by atoms with Gasteiger partial charge in [0.2, 0.25) is 0 Å². The molecule has 0 bridgehead atoms. The van der Waals surface area contributed by atoms with Crippen molar-refractivity contribution in [2.45, 2.75) is 24.7 Å². The van der Waals surface area contributed by atoms with E-state index in [0.29, 0.717) is 0 Å². The summed E-state index contributed by atoms with van der Waals surface area (Å²) in [5.41, 5.74) is 37.6. The number of anilines is 9. The Morgan fingerprint density at radius 3 is 1.04 bits per heavy atom. The van der Waals surface area contributed by atoms with Crippen LogP contribution in [-0.2, 0) is 10.8 Å². The lowest BCUT2D eigenvalue weighted by atomic mass is 9.67. The van der Waals surface area contributed by atoms with Crippen LogP contribution in [0.4, 0.5) is 51.2 Å². The van der Waals surface area contributed by atoms with Crippen LogP contribution in [-0.4, -0.2) is 0 Å². The minimum atomic E-state index is -0.474. The zero-order valence-corrected chi connectivity index (χ0v) is 82.7. The molecule has 0 saturated heterocycles. The number of fused-ring (bicyclic) bond motifs is 21. The summed E-state index contributed by atoms with van der Waals surface area (Å²) in [6, 6.07) is 195. The summed E-state index contributed by atoms with van der Waals surface area (Å²) in [6.45, 7) is 4.70. The lowest BCUT2D eigenvalue weighted by Gasteiger charge is -2.34. The van der Waals surface area contributed by atoms with Crippen molar-refractivity contribution in [2.24, 2.45) is 0 Å². The summed E-state index contributed by atoms with van der Waals surface area (Å²) in [4.78, 5) is 7.06. The third-order valence-electron chi connectivity index (χ3n) is 30.8. The van der Waals surface area contributed by atoms with Gasteiger partial charge in [0.25, 0.3) is 0 Å². The highest BCUT2D eigenvalue weighted by Crippen LogP contribution is 2.59. The molecule has 0 N–H and O–H groups in total. The summed E-state index contributed by atoms with van der Waals surface area (Å²) in [6.07, 6.45) is 0. The van der Waals surface area contributed by atoms with E-state index in [0.717, 1.165) is 139 Å². The van der Waals surface area contributed by atoms with Crippen LogP contribution >= 0.6 is 11.3 Å². The van der Waals surface area contributed by atoms with Gasteiger partial charge >= 0.3 is 0 Å². The van der Waals surface area contributed by atoms with E-state index in [1.807, 2.05) is 23.5 Å². The Morgan fingerprint density at radius 1 is 0.168 bits per heavy atom. The molecule has 0 amide bonds. The molecule has 24 aromatic carbocycles. The minimum Gasteiger partial charge on any atom is -0.456 e. The minimum absolute atomic E-state index is 0.0805. The Bertz CT molecular complexity index is 10000. The van der Waals surface area contributed by atoms with Gasteiger partial charge in [-0.15, -0.1) is 11.3 Å². The first-order chi connectivity index (χ1) is 73.5. The van der Waals surface area contributed by atoms with Crippen LogP contribution < -0.4 is 14.7 Å². The predicted octanol–water partition coefficient (Wildman–Crippen LogP) is 40.3. The lowest BCUT2D eigenvalue weighted by Crippen LogP contribution is -2.28. The molecule has 30 rings (SSSR count). The van der Waals surface area contributed by atoms with E-state index in [4.69, 9.17) is 13.3 Å². The number of benzene rings is 24. The fourth-order valence-electron chi connectivity index (χ4n) is 23.5. The molecule has 2 aliphatic rings. The molecule has 0 atom stereocenters. The number of rotatable bonds is 15. The quantitative estimate of drug-likeness (QED) is 0.102. The lowest BCUT2D eigenvalue weighted by molar-refractivity contribution is 0.660. The Balaban J connectivity index is 0.000000109. The highest BCUT2D eigenvalue weighted by molar-refractivity contribution is 7.25. The molecular weight excluding hydrogens is 1830 g/mol. The second-order valence-corrected chi connectivity index (χ2v) is 40.8. The molecule has 28 aromatic rings. The molecule has 702 valence electrons. The molecule has 0 radical (unpaired) electrons. The van der Waals surface area contributed by atoms with Crippen molar-refractivity contribution < 1.29 is 13.3 Å². The van der Waals surface area contributed by atoms with Gasteiger partial charge in [0.05, 0.1) is 5.41 Å². The van der Waals surface area contributed by atoms with Gasteiger partial charge in [0, 0.05) is 109 Å². The van der Waals surface area contributed by atoms with Gasteiger partial charge in [-0.1, -0.05) is 354 Å². The van der Waals surface area contributed by atoms with Crippen LogP contribution in [0.1, 0.15) is 47.2 Å². The normalized spacial score (nSPS) is 12.6. The molecule has 0 saturated carbocycles. The fourth-order valence-corrected chi connectivity index (χ4v) is 24.6. The zero-order valence-electron chi connectivity index (χ0n) is 81.9. The van der Waals surface area contributed by atoms with Crippen LogP contribution in [0.15, 0.2) is 553 Å². The van der Waals surface area contributed by atoms with E-state index in [9.17, 15) is 0 Å². The number of furan rings is 3. The third-order valence-corrected chi connectivity index (χ3v) is 31.9. The summed E-state index contributed by atoms with van der Waals surface area (Å²) in [5, 5.41) is 16.7. The van der Waals surface area contributed by atoms with Crippen molar-refractivity contribution in [3.05, 3.63) is 573 Å². The van der Waals surface area contributed by atoms with Crippen molar-refractivity contribution >= 4 is 181 Å². The molecule has 7 heteroatoms. The van der Waals surface area contributed by atoms with Crippen molar-refractivity contribution in [1.29, 1.82) is 0 Å². The van der Waals surface area contributed by atoms with Gasteiger partial charge in [-0.25, -0.2) is 0 Å².